The van der Waals surface area contributed by atoms with Crippen molar-refractivity contribution >= 4 is 11.9 Å². The molecule has 1 rings (SSSR count). The van der Waals surface area contributed by atoms with Gasteiger partial charge < -0.3 is 10.6 Å². The molecule has 1 fully saturated rings. The number of hydrogen-bond donors (Lipinski definition) is 1. The lowest BCUT2D eigenvalue weighted by molar-refractivity contribution is -0.234. The second-order valence-electron chi connectivity index (χ2n) is 5.50. The van der Waals surface area contributed by atoms with E-state index in [2.05, 4.69) is 0 Å². The number of carbonyl (C=O) groups is 2. The van der Waals surface area contributed by atoms with E-state index >= 15 is 0 Å². The van der Waals surface area contributed by atoms with E-state index in [1.165, 1.54) is 6.92 Å². The number of hydroxylamine groups is 2. The molecule has 5 nitrogen and oxygen atoms in total. The number of nitrogens with two attached hydrogens (primary N) is 1. The number of primary amides is 1. The van der Waals surface area contributed by atoms with Gasteiger partial charge in [-0.05, 0) is 34.1 Å². The summed E-state index contributed by atoms with van der Waals surface area (Å²) < 4.78 is 0. The van der Waals surface area contributed by atoms with Crippen molar-refractivity contribution in [2.75, 3.05) is 0 Å². The molecule has 5 heteroatoms. The Hall–Kier alpha value is -1.10. The maximum absolute atomic E-state index is 11.4. The smallest absolute Gasteiger partial charge is 0.322 e. The van der Waals surface area contributed by atoms with E-state index in [4.69, 9.17) is 10.6 Å². The van der Waals surface area contributed by atoms with E-state index < -0.39 is 5.54 Å². The first kappa shape index (κ1) is 13.0. The van der Waals surface area contributed by atoms with Crippen molar-refractivity contribution < 1.29 is 14.4 Å². The molecule has 92 valence electrons. The number of hydrogen-bond acceptors (Lipinski definition) is 4. The molecule has 0 radical (unpaired) electrons. The van der Waals surface area contributed by atoms with Gasteiger partial charge in [0.1, 0.15) is 0 Å². The highest BCUT2D eigenvalue weighted by Gasteiger charge is 2.56. The van der Waals surface area contributed by atoms with Crippen LogP contribution in [0.3, 0.4) is 0 Å². The maximum Gasteiger partial charge on any atom is 0.322 e. The Balaban J connectivity index is 3.05. The SMILES string of the molecule is CC(=O)ON1C(C)(C)C[C@@H](C(N)=O)C1(C)C. The molecule has 0 saturated carbocycles. The molecular weight excluding hydrogens is 208 g/mol. The summed E-state index contributed by atoms with van der Waals surface area (Å²) in [7, 11) is 0. The molecule has 2 N–H and O–H groups in total. The van der Waals surface area contributed by atoms with Gasteiger partial charge in [-0.3, -0.25) is 9.59 Å². The molecule has 1 atom stereocenters. The van der Waals surface area contributed by atoms with Gasteiger partial charge in [-0.15, -0.1) is 5.06 Å². The van der Waals surface area contributed by atoms with Crippen LogP contribution in [0.1, 0.15) is 41.0 Å². The number of amides is 1. The van der Waals surface area contributed by atoms with Crippen LogP contribution >= 0.6 is 0 Å². The summed E-state index contributed by atoms with van der Waals surface area (Å²) in [6.07, 6.45) is 0.586. The molecular formula is C11H20N2O3. The average Bonchev–Trinajstić information content (AvgIpc) is 2.24. The first-order valence-corrected chi connectivity index (χ1v) is 5.37. The molecule has 0 unspecified atom stereocenters. The summed E-state index contributed by atoms with van der Waals surface area (Å²) in [4.78, 5) is 27.7. The van der Waals surface area contributed by atoms with Crippen LogP contribution in [0.25, 0.3) is 0 Å². The van der Waals surface area contributed by atoms with E-state index in [0.29, 0.717) is 6.42 Å². The second kappa shape index (κ2) is 3.73. The Labute approximate surface area is 95.9 Å². The van der Waals surface area contributed by atoms with Gasteiger partial charge in [0, 0.05) is 6.92 Å². The fourth-order valence-corrected chi connectivity index (χ4v) is 2.57. The fourth-order valence-electron chi connectivity index (χ4n) is 2.57. The molecule has 0 aromatic heterocycles. The van der Waals surface area contributed by atoms with Crippen LogP contribution in [0.5, 0.6) is 0 Å². The van der Waals surface area contributed by atoms with Crippen LogP contribution in [-0.2, 0) is 14.4 Å². The van der Waals surface area contributed by atoms with Gasteiger partial charge in [0.15, 0.2) is 0 Å². The summed E-state index contributed by atoms with van der Waals surface area (Å²) >= 11 is 0. The van der Waals surface area contributed by atoms with Crippen molar-refractivity contribution in [2.45, 2.75) is 52.1 Å². The molecule has 0 bridgehead atoms. The normalized spacial score (nSPS) is 27.7. The lowest BCUT2D eigenvalue weighted by atomic mass is 9.86. The molecule has 16 heavy (non-hydrogen) atoms. The third kappa shape index (κ3) is 2.04. The van der Waals surface area contributed by atoms with Crippen molar-refractivity contribution in [3.63, 3.8) is 0 Å². The molecule has 0 aromatic carbocycles. The van der Waals surface area contributed by atoms with E-state index in [0.717, 1.165) is 0 Å². The lowest BCUT2D eigenvalue weighted by Crippen LogP contribution is -2.51. The monoisotopic (exact) mass is 228 g/mol. The largest absolute Gasteiger partial charge is 0.369 e. The molecule has 1 saturated heterocycles. The minimum absolute atomic E-state index is 0.318. The van der Waals surface area contributed by atoms with Gasteiger partial charge in [-0.2, -0.15) is 0 Å². The standard InChI is InChI=1S/C11H20N2O3/c1-7(14)16-13-10(2,3)6-8(9(12)15)11(13,4)5/h8H,6H2,1-5H3,(H2,12,15)/t8-/m0/s1. The third-order valence-electron chi connectivity index (χ3n) is 3.19. The zero-order valence-corrected chi connectivity index (χ0v) is 10.5. The van der Waals surface area contributed by atoms with Crippen molar-refractivity contribution in [2.24, 2.45) is 11.7 Å². The first-order valence-electron chi connectivity index (χ1n) is 5.37. The fraction of sp³-hybridized carbons (Fsp3) is 0.818. The van der Waals surface area contributed by atoms with Gasteiger partial charge in [-0.1, -0.05) is 0 Å². The van der Waals surface area contributed by atoms with E-state index in [9.17, 15) is 9.59 Å². The van der Waals surface area contributed by atoms with Crippen LogP contribution in [0.15, 0.2) is 0 Å². The minimum Gasteiger partial charge on any atom is -0.369 e. The molecule has 1 aliphatic rings. The van der Waals surface area contributed by atoms with E-state index in [1.54, 1.807) is 5.06 Å². The third-order valence-corrected chi connectivity index (χ3v) is 3.19. The summed E-state index contributed by atoms with van der Waals surface area (Å²) in [5, 5.41) is 1.60. The second-order valence-corrected chi connectivity index (χ2v) is 5.50. The van der Waals surface area contributed by atoms with Crippen molar-refractivity contribution in [1.82, 2.24) is 5.06 Å². The first-order chi connectivity index (χ1) is 7.09. The van der Waals surface area contributed by atoms with Gasteiger partial charge >= 0.3 is 5.97 Å². The summed E-state index contributed by atoms with van der Waals surface area (Å²) in [6.45, 7) is 8.94. The highest BCUT2D eigenvalue weighted by atomic mass is 16.7. The van der Waals surface area contributed by atoms with Crippen LogP contribution in [-0.4, -0.2) is 28.0 Å². The molecule has 1 heterocycles. The Bertz CT molecular complexity index is 323. The lowest BCUT2D eigenvalue weighted by Gasteiger charge is -2.38. The zero-order valence-electron chi connectivity index (χ0n) is 10.5. The molecule has 0 aromatic rings. The highest BCUT2D eigenvalue weighted by Crippen LogP contribution is 2.44. The minimum atomic E-state index is -0.568. The maximum atomic E-state index is 11.4. The Morgan fingerprint density at radius 1 is 1.31 bits per heavy atom. The van der Waals surface area contributed by atoms with E-state index in [1.807, 2.05) is 27.7 Å². The van der Waals surface area contributed by atoms with Gasteiger partial charge in [0.2, 0.25) is 5.91 Å². The summed E-state index contributed by atoms with van der Waals surface area (Å²) in [5.74, 6) is -1.05. The quantitative estimate of drug-likeness (QED) is 0.759. The van der Waals surface area contributed by atoms with Crippen molar-refractivity contribution in [1.29, 1.82) is 0 Å². The van der Waals surface area contributed by atoms with Crippen molar-refractivity contribution in [3.05, 3.63) is 0 Å². The number of nitrogens with zero attached hydrogens (tertiary/aromatic N) is 1. The number of rotatable bonds is 2. The molecule has 0 aliphatic carbocycles. The van der Waals surface area contributed by atoms with Crippen molar-refractivity contribution in [3.8, 4) is 0 Å². The zero-order chi connectivity index (χ0) is 12.7. The van der Waals surface area contributed by atoms with Gasteiger partial charge in [-0.25, -0.2) is 0 Å². The molecule has 0 spiro atoms. The van der Waals surface area contributed by atoms with Crippen LogP contribution in [0.4, 0.5) is 0 Å². The van der Waals surface area contributed by atoms with Gasteiger partial charge in [0.05, 0.1) is 17.0 Å². The molecule has 1 aliphatic heterocycles. The Kier molecular flexibility index (Phi) is 3.02. The van der Waals surface area contributed by atoms with Crippen LogP contribution in [0, 0.1) is 5.92 Å². The Morgan fingerprint density at radius 2 is 1.81 bits per heavy atom. The summed E-state index contributed by atoms with van der Waals surface area (Å²) in [6, 6.07) is 0. The van der Waals surface area contributed by atoms with Gasteiger partial charge in [0.25, 0.3) is 0 Å². The Morgan fingerprint density at radius 3 is 2.12 bits per heavy atom. The van der Waals surface area contributed by atoms with Crippen LogP contribution in [0.2, 0.25) is 0 Å². The number of carbonyl (C=O) groups excluding carboxylic acids is 2. The predicted molar refractivity (Wildman–Crippen MR) is 59.1 cm³/mol. The van der Waals surface area contributed by atoms with Crippen LogP contribution < -0.4 is 5.73 Å². The average molecular weight is 228 g/mol. The predicted octanol–water partition coefficient (Wildman–Crippen LogP) is 0.829. The highest BCUT2D eigenvalue weighted by molar-refractivity contribution is 5.79. The molecule has 1 amide bonds. The summed E-state index contributed by atoms with van der Waals surface area (Å²) in [5.41, 5.74) is 4.43. The topological polar surface area (TPSA) is 72.6 Å². The van der Waals surface area contributed by atoms with E-state index in [-0.39, 0.29) is 23.3 Å².